The van der Waals surface area contributed by atoms with Gasteiger partial charge in [0.1, 0.15) is 5.54 Å². The molecule has 3 amide bonds. The van der Waals surface area contributed by atoms with Gasteiger partial charge in [-0.25, -0.2) is 4.90 Å². The van der Waals surface area contributed by atoms with Gasteiger partial charge in [0.25, 0.3) is 5.69 Å². The predicted octanol–water partition coefficient (Wildman–Crippen LogP) is 2.33. The van der Waals surface area contributed by atoms with Gasteiger partial charge < -0.3 is 5.32 Å². The number of carbonyl (C=O) groups excluding carboxylic acids is 3. The van der Waals surface area contributed by atoms with Crippen LogP contribution in [0.15, 0.2) is 42.5 Å². The van der Waals surface area contributed by atoms with Gasteiger partial charge in [-0.05, 0) is 44.0 Å². The summed E-state index contributed by atoms with van der Waals surface area (Å²) >= 11 is 0. The number of aryl methyl sites for hydroxylation is 1. The molecular weight excluding hydrogens is 412 g/mol. The third kappa shape index (κ3) is 2.09. The van der Waals surface area contributed by atoms with Gasteiger partial charge in [-0.2, -0.15) is 0 Å². The predicted molar refractivity (Wildman–Crippen MR) is 114 cm³/mol. The Morgan fingerprint density at radius 2 is 1.91 bits per heavy atom. The number of hydrogen-bond acceptors (Lipinski definition) is 6. The highest BCUT2D eigenvalue weighted by atomic mass is 16.6. The van der Waals surface area contributed by atoms with Gasteiger partial charge in [-0.3, -0.25) is 29.4 Å². The molecule has 162 valence electrons. The number of para-hydroxylation sites is 1. The molecule has 32 heavy (non-hydrogen) atoms. The normalized spacial score (nSPS) is 30.6. The van der Waals surface area contributed by atoms with Gasteiger partial charge in [0, 0.05) is 29.4 Å². The fraction of sp³-hybridized carbons (Fsp3) is 0.348. The minimum absolute atomic E-state index is 0.104. The number of amides is 3. The zero-order valence-electron chi connectivity index (χ0n) is 17.3. The molecule has 4 heterocycles. The Bertz CT molecular complexity index is 1240. The second-order valence-corrected chi connectivity index (χ2v) is 8.91. The molecule has 9 heteroatoms. The Hall–Kier alpha value is -3.59. The number of carbonyl (C=O) groups is 3. The van der Waals surface area contributed by atoms with Gasteiger partial charge in [0.05, 0.1) is 22.4 Å². The molecule has 0 unspecified atom stereocenters. The molecule has 2 aromatic carbocycles. The first kappa shape index (κ1) is 19.1. The molecular formula is C23H20N4O5. The van der Waals surface area contributed by atoms with Crippen LogP contribution in [0.3, 0.4) is 0 Å². The van der Waals surface area contributed by atoms with Crippen molar-refractivity contribution < 1.29 is 19.3 Å². The molecule has 3 fully saturated rings. The van der Waals surface area contributed by atoms with E-state index >= 15 is 0 Å². The number of fused-ring (bicyclic) bond motifs is 7. The lowest BCUT2D eigenvalue weighted by Gasteiger charge is -2.36. The molecule has 4 aliphatic heterocycles. The van der Waals surface area contributed by atoms with Crippen LogP contribution in [0, 0.1) is 28.9 Å². The van der Waals surface area contributed by atoms with E-state index in [1.165, 1.54) is 18.2 Å². The minimum atomic E-state index is -1.21. The van der Waals surface area contributed by atoms with Gasteiger partial charge in [0.2, 0.25) is 17.7 Å². The number of anilines is 2. The zero-order chi connectivity index (χ0) is 22.4. The van der Waals surface area contributed by atoms with Gasteiger partial charge in [0.15, 0.2) is 0 Å². The fourth-order valence-corrected chi connectivity index (χ4v) is 6.40. The molecule has 1 spiro atoms. The summed E-state index contributed by atoms with van der Waals surface area (Å²) in [5.74, 6) is -2.47. The Morgan fingerprint density at radius 1 is 1.12 bits per heavy atom. The molecule has 6 rings (SSSR count). The number of non-ortho nitro benzene ring substituents is 1. The fourth-order valence-electron chi connectivity index (χ4n) is 6.40. The maximum Gasteiger partial charge on any atom is 0.269 e. The first-order valence-corrected chi connectivity index (χ1v) is 10.7. The van der Waals surface area contributed by atoms with Crippen molar-refractivity contribution in [3.63, 3.8) is 0 Å². The minimum Gasteiger partial charge on any atom is -0.324 e. The van der Waals surface area contributed by atoms with Gasteiger partial charge in [-0.1, -0.05) is 18.2 Å². The number of nitrogens with one attached hydrogen (secondary N) is 1. The molecule has 3 saturated heterocycles. The number of nitro groups is 1. The lowest BCUT2D eigenvalue weighted by atomic mass is 9.75. The third-order valence-electron chi connectivity index (χ3n) is 7.53. The maximum absolute atomic E-state index is 13.9. The van der Waals surface area contributed by atoms with E-state index in [4.69, 9.17) is 0 Å². The lowest BCUT2D eigenvalue weighted by Crippen LogP contribution is -2.54. The van der Waals surface area contributed by atoms with Crippen molar-refractivity contribution in [3.05, 3.63) is 63.7 Å². The van der Waals surface area contributed by atoms with Crippen LogP contribution in [0.2, 0.25) is 0 Å². The van der Waals surface area contributed by atoms with Crippen LogP contribution in [-0.4, -0.2) is 40.1 Å². The second-order valence-electron chi connectivity index (χ2n) is 8.91. The number of nitro benzene ring substituents is 1. The monoisotopic (exact) mass is 432 g/mol. The highest BCUT2D eigenvalue weighted by Crippen LogP contribution is 2.60. The average Bonchev–Trinajstić information content (AvgIpc) is 3.47. The van der Waals surface area contributed by atoms with Crippen molar-refractivity contribution in [2.75, 3.05) is 16.8 Å². The highest BCUT2D eigenvalue weighted by molar-refractivity contribution is 6.26. The van der Waals surface area contributed by atoms with Crippen LogP contribution in [0.5, 0.6) is 0 Å². The summed E-state index contributed by atoms with van der Waals surface area (Å²) in [5, 5.41) is 14.1. The van der Waals surface area contributed by atoms with Crippen LogP contribution < -0.4 is 10.2 Å². The maximum atomic E-state index is 13.9. The molecule has 4 atom stereocenters. The molecule has 0 aromatic heterocycles. The van der Waals surface area contributed by atoms with Crippen LogP contribution in [-0.2, 0) is 19.9 Å². The van der Waals surface area contributed by atoms with Crippen molar-refractivity contribution in [1.29, 1.82) is 0 Å². The van der Waals surface area contributed by atoms with E-state index in [-0.39, 0.29) is 23.5 Å². The molecule has 2 aromatic rings. The van der Waals surface area contributed by atoms with Crippen molar-refractivity contribution in [3.8, 4) is 0 Å². The number of benzene rings is 2. The van der Waals surface area contributed by atoms with Crippen LogP contribution in [0.25, 0.3) is 0 Å². The van der Waals surface area contributed by atoms with Crippen LogP contribution in [0.4, 0.5) is 17.1 Å². The van der Waals surface area contributed by atoms with Crippen molar-refractivity contribution in [1.82, 2.24) is 4.90 Å². The number of nitrogens with zero attached hydrogens (tertiary/aromatic N) is 3. The molecule has 0 bridgehead atoms. The second kappa shape index (κ2) is 6.23. The quantitative estimate of drug-likeness (QED) is 0.443. The van der Waals surface area contributed by atoms with Gasteiger partial charge >= 0.3 is 0 Å². The molecule has 1 N–H and O–H groups in total. The summed E-state index contributed by atoms with van der Waals surface area (Å²) in [4.78, 5) is 54.9. The number of rotatable bonds is 2. The first-order valence-electron chi connectivity index (χ1n) is 10.7. The van der Waals surface area contributed by atoms with E-state index in [2.05, 4.69) is 10.2 Å². The summed E-state index contributed by atoms with van der Waals surface area (Å²) in [6.07, 6.45) is 1.59. The van der Waals surface area contributed by atoms with E-state index in [0.717, 1.165) is 23.3 Å². The SMILES string of the molecule is Cc1cc([N+](=O)[O-])ccc1N1C(=O)[C@H]2[C@@H](C1=O)[C@@]1(C(=O)Nc3ccccc31)N1CCC[C@@H]21. The number of imide groups is 1. The van der Waals surface area contributed by atoms with E-state index in [0.29, 0.717) is 23.5 Å². The van der Waals surface area contributed by atoms with Gasteiger partial charge in [-0.15, -0.1) is 0 Å². The Labute approximate surface area is 183 Å². The van der Waals surface area contributed by atoms with Crippen LogP contribution >= 0.6 is 0 Å². The molecule has 0 saturated carbocycles. The summed E-state index contributed by atoms with van der Waals surface area (Å²) in [6.45, 7) is 2.29. The Kier molecular flexibility index (Phi) is 3.72. The molecule has 9 nitrogen and oxygen atoms in total. The van der Waals surface area contributed by atoms with Crippen molar-refractivity contribution in [2.24, 2.45) is 11.8 Å². The van der Waals surface area contributed by atoms with E-state index in [1.54, 1.807) is 6.92 Å². The van der Waals surface area contributed by atoms with Crippen LogP contribution in [0.1, 0.15) is 24.0 Å². The standard InChI is InChI=1S/C23H20N4O5/c1-12-11-13(27(31)32)8-9-16(12)26-20(28)18-17-7-4-10-25(17)23(19(18)21(26)29)14-5-2-3-6-15(14)24-22(23)30/h2-3,5-6,8-9,11,17-19H,4,7,10H2,1H3,(H,24,30)/t17-,18+,19-,23-/m0/s1. The zero-order valence-corrected chi connectivity index (χ0v) is 17.3. The topological polar surface area (TPSA) is 113 Å². The summed E-state index contributed by atoms with van der Waals surface area (Å²) in [5.41, 5.74) is 0.911. The van der Waals surface area contributed by atoms with E-state index < -0.39 is 28.2 Å². The van der Waals surface area contributed by atoms with E-state index in [1.807, 2.05) is 24.3 Å². The molecule has 0 aliphatic carbocycles. The summed E-state index contributed by atoms with van der Waals surface area (Å²) in [7, 11) is 0. The Morgan fingerprint density at radius 3 is 2.66 bits per heavy atom. The highest BCUT2D eigenvalue weighted by Gasteiger charge is 2.74. The molecule has 4 aliphatic rings. The van der Waals surface area contributed by atoms with E-state index in [9.17, 15) is 24.5 Å². The average molecular weight is 432 g/mol. The first-order chi connectivity index (χ1) is 15.4. The largest absolute Gasteiger partial charge is 0.324 e. The summed E-state index contributed by atoms with van der Waals surface area (Å²) in [6, 6.07) is 11.3. The van der Waals surface area contributed by atoms with Crippen molar-refractivity contribution >= 4 is 34.8 Å². The van der Waals surface area contributed by atoms with Crippen molar-refractivity contribution in [2.45, 2.75) is 31.3 Å². The molecule has 0 radical (unpaired) electrons. The summed E-state index contributed by atoms with van der Waals surface area (Å²) < 4.78 is 0. The smallest absolute Gasteiger partial charge is 0.269 e. The lowest BCUT2D eigenvalue weighted by molar-refractivity contribution is -0.384. The Balaban J connectivity index is 1.52. The third-order valence-corrected chi connectivity index (χ3v) is 7.53. The number of hydrogen-bond donors (Lipinski definition) is 1.